The van der Waals surface area contributed by atoms with Gasteiger partial charge in [-0.2, -0.15) is 0 Å². The fourth-order valence-electron chi connectivity index (χ4n) is 3.36. The molecule has 0 aromatic heterocycles. The fourth-order valence-corrected chi connectivity index (χ4v) is 3.36. The zero-order valence-electron chi connectivity index (χ0n) is 19.4. The summed E-state index contributed by atoms with van der Waals surface area (Å²) >= 11 is 0. The number of nitrogens with one attached hydrogen (secondary N) is 2. The van der Waals surface area contributed by atoms with Gasteiger partial charge >= 0.3 is 0 Å². The van der Waals surface area contributed by atoms with E-state index in [0.717, 1.165) is 16.9 Å². The number of amides is 2. The van der Waals surface area contributed by atoms with Crippen LogP contribution in [0.1, 0.15) is 35.3 Å². The summed E-state index contributed by atoms with van der Waals surface area (Å²) in [5, 5.41) is 5.99. The van der Waals surface area contributed by atoms with Crippen LogP contribution in [0.25, 0.3) is 0 Å². The Morgan fingerprint density at radius 3 is 2.33 bits per heavy atom. The molecular weight excluding hydrogens is 414 g/mol. The third-order valence-corrected chi connectivity index (χ3v) is 4.91. The summed E-state index contributed by atoms with van der Waals surface area (Å²) in [6.07, 6.45) is 0.135. The van der Waals surface area contributed by atoms with Crippen molar-refractivity contribution in [3.05, 3.63) is 95.6 Å². The lowest BCUT2D eigenvalue weighted by Crippen LogP contribution is -2.28. The van der Waals surface area contributed by atoms with Gasteiger partial charge in [0.05, 0.1) is 12.6 Å². The van der Waals surface area contributed by atoms with Crippen molar-refractivity contribution in [2.45, 2.75) is 33.0 Å². The summed E-state index contributed by atoms with van der Waals surface area (Å²) in [4.78, 5) is 26.8. The summed E-state index contributed by atoms with van der Waals surface area (Å²) in [6.45, 7) is 5.23. The molecule has 0 aliphatic carbocycles. The van der Waals surface area contributed by atoms with Crippen LogP contribution in [-0.4, -0.2) is 36.4 Å². The molecule has 172 valence electrons. The lowest BCUT2D eigenvalue weighted by Gasteiger charge is -2.18. The first-order chi connectivity index (χ1) is 15.9. The Balaban J connectivity index is 1.48. The monoisotopic (exact) mass is 445 g/mol. The molecule has 2 amide bonds. The molecule has 0 aliphatic heterocycles. The number of hydrogen-bond acceptors (Lipinski definition) is 4. The summed E-state index contributed by atoms with van der Waals surface area (Å²) in [7, 11) is 1.77. The van der Waals surface area contributed by atoms with Gasteiger partial charge in [0.25, 0.3) is 5.91 Å². The molecule has 0 spiro atoms. The van der Waals surface area contributed by atoms with Crippen LogP contribution in [0.3, 0.4) is 0 Å². The van der Waals surface area contributed by atoms with Gasteiger partial charge in [-0.15, -0.1) is 0 Å². The van der Waals surface area contributed by atoms with E-state index in [1.165, 1.54) is 0 Å². The highest BCUT2D eigenvalue weighted by Crippen LogP contribution is 2.15. The molecule has 33 heavy (non-hydrogen) atoms. The number of carbonyl (C=O) groups excluding carboxylic acids is 2. The topological polar surface area (TPSA) is 70.7 Å². The Labute approximate surface area is 195 Å². The normalized spacial score (nSPS) is 10.7. The maximum atomic E-state index is 12.8. The lowest BCUT2D eigenvalue weighted by molar-refractivity contribution is -0.115. The van der Waals surface area contributed by atoms with E-state index >= 15 is 0 Å². The minimum atomic E-state index is -0.169. The molecule has 0 radical (unpaired) electrons. The molecule has 0 unspecified atom stereocenters. The Bertz CT molecular complexity index is 1050. The number of nitrogens with zero attached hydrogens (tertiary/aromatic N) is 1. The Hall–Kier alpha value is -3.64. The van der Waals surface area contributed by atoms with E-state index in [0.29, 0.717) is 24.3 Å². The number of anilines is 1. The first kappa shape index (κ1) is 24.0. The summed E-state index contributed by atoms with van der Waals surface area (Å²) < 4.78 is 5.64. The van der Waals surface area contributed by atoms with Crippen molar-refractivity contribution in [2.24, 2.45) is 0 Å². The largest absolute Gasteiger partial charge is 0.491 e. The maximum absolute atomic E-state index is 12.8. The summed E-state index contributed by atoms with van der Waals surface area (Å²) in [5.74, 6) is 0.560. The van der Waals surface area contributed by atoms with Gasteiger partial charge in [0.2, 0.25) is 5.91 Å². The zero-order chi connectivity index (χ0) is 23.6. The second-order valence-corrected chi connectivity index (χ2v) is 8.19. The van der Waals surface area contributed by atoms with E-state index in [9.17, 15) is 9.59 Å². The molecule has 0 fully saturated rings. The fraction of sp³-hybridized carbons (Fsp3) is 0.259. The van der Waals surface area contributed by atoms with E-state index in [4.69, 9.17) is 4.74 Å². The van der Waals surface area contributed by atoms with E-state index in [-0.39, 0.29) is 24.5 Å². The SMILES string of the molecule is CC(C)Oc1ccc(CNCC(=O)Nc2cccc(C(=O)N(C)Cc3ccccc3)c2)cc1. The van der Waals surface area contributed by atoms with Gasteiger partial charge in [-0.3, -0.25) is 9.59 Å². The van der Waals surface area contributed by atoms with E-state index in [1.54, 1.807) is 36.2 Å². The number of hydrogen-bond donors (Lipinski definition) is 2. The van der Waals surface area contributed by atoms with Crippen molar-refractivity contribution < 1.29 is 14.3 Å². The summed E-state index contributed by atoms with van der Waals surface area (Å²) in [6, 6.07) is 24.6. The molecule has 2 N–H and O–H groups in total. The van der Waals surface area contributed by atoms with Gasteiger partial charge in [0.15, 0.2) is 0 Å². The molecule has 3 aromatic rings. The maximum Gasteiger partial charge on any atom is 0.253 e. The van der Waals surface area contributed by atoms with Crippen LogP contribution in [0, 0.1) is 0 Å². The van der Waals surface area contributed by atoms with Crippen molar-refractivity contribution in [1.82, 2.24) is 10.2 Å². The highest BCUT2D eigenvalue weighted by molar-refractivity contribution is 5.97. The second-order valence-electron chi connectivity index (χ2n) is 8.19. The molecule has 0 saturated carbocycles. The summed E-state index contributed by atoms with van der Waals surface area (Å²) in [5.41, 5.74) is 3.25. The van der Waals surface area contributed by atoms with E-state index in [2.05, 4.69) is 10.6 Å². The quantitative estimate of drug-likeness (QED) is 0.483. The third-order valence-electron chi connectivity index (χ3n) is 4.91. The second kappa shape index (κ2) is 11.8. The van der Waals surface area contributed by atoms with Gasteiger partial charge < -0.3 is 20.3 Å². The molecule has 3 rings (SSSR count). The van der Waals surface area contributed by atoms with Gasteiger partial charge in [-0.05, 0) is 55.3 Å². The number of carbonyl (C=O) groups is 2. The van der Waals surface area contributed by atoms with Crippen LogP contribution >= 0.6 is 0 Å². The van der Waals surface area contributed by atoms with Crippen LogP contribution in [0.4, 0.5) is 5.69 Å². The third kappa shape index (κ3) is 7.77. The average molecular weight is 446 g/mol. The smallest absolute Gasteiger partial charge is 0.253 e. The van der Waals surface area contributed by atoms with Crippen LogP contribution in [0.15, 0.2) is 78.9 Å². The molecule has 0 heterocycles. The number of rotatable bonds is 10. The molecule has 6 nitrogen and oxygen atoms in total. The van der Waals surface area contributed by atoms with Crippen molar-refractivity contribution in [3.8, 4) is 5.75 Å². The van der Waals surface area contributed by atoms with Crippen LogP contribution in [-0.2, 0) is 17.9 Å². The van der Waals surface area contributed by atoms with Crippen LogP contribution < -0.4 is 15.4 Å². The van der Waals surface area contributed by atoms with Crippen molar-refractivity contribution in [2.75, 3.05) is 18.9 Å². The zero-order valence-corrected chi connectivity index (χ0v) is 19.4. The lowest BCUT2D eigenvalue weighted by atomic mass is 10.1. The Morgan fingerprint density at radius 1 is 0.909 bits per heavy atom. The van der Waals surface area contributed by atoms with E-state index in [1.807, 2.05) is 68.4 Å². The molecule has 0 saturated heterocycles. The minimum absolute atomic E-state index is 0.0991. The molecular formula is C27H31N3O3. The average Bonchev–Trinajstić information content (AvgIpc) is 2.80. The van der Waals surface area contributed by atoms with Gasteiger partial charge in [-0.1, -0.05) is 48.5 Å². The molecule has 0 atom stereocenters. The standard InChI is InChI=1S/C27H31N3O3/c1-20(2)33-25-14-12-21(13-15-25)17-28-18-26(31)29-24-11-7-10-23(16-24)27(32)30(3)19-22-8-5-4-6-9-22/h4-16,20,28H,17-19H2,1-3H3,(H,29,31). The first-order valence-electron chi connectivity index (χ1n) is 11.1. The predicted molar refractivity (Wildman–Crippen MR) is 131 cm³/mol. The van der Waals surface area contributed by atoms with Crippen molar-refractivity contribution in [1.29, 1.82) is 0 Å². The number of benzene rings is 3. The van der Waals surface area contributed by atoms with Gasteiger partial charge in [0, 0.05) is 31.4 Å². The van der Waals surface area contributed by atoms with Crippen molar-refractivity contribution >= 4 is 17.5 Å². The molecule has 0 aliphatic rings. The van der Waals surface area contributed by atoms with Crippen LogP contribution in [0.5, 0.6) is 5.75 Å². The van der Waals surface area contributed by atoms with Gasteiger partial charge in [0.1, 0.15) is 5.75 Å². The minimum Gasteiger partial charge on any atom is -0.491 e. The Kier molecular flexibility index (Phi) is 8.61. The first-order valence-corrected chi connectivity index (χ1v) is 11.1. The van der Waals surface area contributed by atoms with Crippen molar-refractivity contribution in [3.63, 3.8) is 0 Å². The Morgan fingerprint density at radius 2 is 1.64 bits per heavy atom. The number of ether oxygens (including phenoxy) is 1. The predicted octanol–water partition coefficient (Wildman–Crippen LogP) is 4.47. The van der Waals surface area contributed by atoms with Gasteiger partial charge in [-0.25, -0.2) is 0 Å². The highest BCUT2D eigenvalue weighted by Gasteiger charge is 2.13. The highest BCUT2D eigenvalue weighted by atomic mass is 16.5. The molecule has 6 heteroatoms. The molecule has 3 aromatic carbocycles. The molecule has 0 bridgehead atoms. The van der Waals surface area contributed by atoms with Crippen LogP contribution in [0.2, 0.25) is 0 Å². The van der Waals surface area contributed by atoms with E-state index < -0.39 is 0 Å².